The molecule has 0 aliphatic carbocycles. The maximum atomic E-state index is 12.2. The number of nitrogens with one attached hydrogen (secondary N) is 2. The van der Waals surface area contributed by atoms with Crippen LogP contribution in [-0.4, -0.2) is 68.8 Å². The lowest BCUT2D eigenvalue weighted by atomic mass is 9.81. The third kappa shape index (κ3) is 7.82. The van der Waals surface area contributed by atoms with Crippen molar-refractivity contribution >= 4 is 43.2 Å². The molecule has 0 unspecified atom stereocenters. The number of benzene rings is 2. The van der Waals surface area contributed by atoms with Gasteiger partial charge in [-0.2, -0.15) is 21.4 Å². The minimum atomic E-state index is -4.41. The van der Waals surface area contributed by atoms with Crippen LogP contribution in [0.5, 0.6) is 0 Å². The number of carbonyl (C=O) groups excluding carboxylic acids is 1. The van der Waals surface area contributed by atoms with Crippen molar-refractivity contribution in [1.29, 1.82) is 5.53 Å². The monoisotopic (exact) mass is 700 g/mol. The Hall–Kier alpha value is -4.01. The average molecular weight is 701 g/mol. The molecule has 0 radical (unpaired) electrons. The van der Waals surface area contributed by atoms with E-state index in [1.54, 1.807) is 12.1 Å². The normalized spacial score (nSPS) is 17.5. The number of anilines is 1. The summed E-state index contributed by atoms with van der Waals surface area (Å²) in [5.74, 6) is -0.0393. The summed E-state index contributed by atoms with van der Waals surface area (Å²) < 4.78 is 69.0. The average Bonchev–Trinajstić information content (AvgIpc) is 3.33. The van der Waals surface area contributed by atoms with Crippen molar-refractivity contribution in [2.75, 3.05) is 31.6 Å². The summed E-state index contributed by atoms with van der Waals surface area (Å²) >= 11 is 0. The molecule has 2 aliphatic rings. The van der Waals surface area contributed by atoms with Gasteiger partial charge in [-0.3, -0.25) is 13.9 Å². The van der Waals surface area contributed by atoms with E-state index in [4.69, 9.17) is 5.53 Å². The van der Waals surface area contributed by atoms with E-state index >= 15 is 0 Å². The van der Waals surface area contributed by atoms with E-state index in [1.807, 2.05) is 57.5 Å². The predicted octanol–water partition coefficient (Wildman–Crippen LogP) is 5.04. The Kier molecular flexibility index (Phi) is 10.9. The Balaban J connectivity index is 1.56. The van der Waals surface area contributed by atoms with Crippen molar-refractivity contribution in [3.05, 3.63) is 71.5 Å². The lowest BCUT2D eigenvalue weighted by Gasteiger charge is -2.27. The molecule has 2 aliphatic heterocycles. The van der Waals surface area contributed by atoms with Crippen LogP contribution in [0.25, 0.3) is 0 Å². The number of nitrogens with zero attached hydrogens (tertiary/aromatic N) is 4. The fourth-order valence-corrected chi connectivity index (χ4v) is 7.52. The third-order valence-corrected chi connectivity index (χ3v) is 10.8. The quantitative estimate of drug-likeness (QED) is 0.0692. The SMILES string of the molecule is C[N+]1=C(/C=C/C=C2\N(CCCCCC(=O)NCCCN=[N+]=N)c3ccc(S(=O)(=O)O)cc3C2(C)C)C(C)(C)c2cc(S(=O)(=O)O)ccc21. The van der Waals surface area contributed by atoms with Crippen LogP contribution in [-0.2, 0) is 35.9 Å². The van der Waals surface area contributed by atoms with E-state index in [1.165, 1.54) is 24.3 Å². The van der Waals surface area contributed by atoms with E-state index in [2.05, 4.69) is 20.2 Å². The highest BCUT2D eigenvalue weighted by Gasteiger charge is 2.44. The van der Waals surface area contributed by atoms with Gasteiger partial charge in [-0.1, -0.05) is 26.3 Å². The van der Waals surface area contributed by atoms with Crippen molar-refractivity contribution in [3.8, 4) is 0 Å². The number of rotatable bonds is 14. The Morgan fingerprint density at radius 2 is 1.60 bits per heavy atom. The first-order chi connectivity index (χ1) is 22.4. The Morgan fingerprint density at radius 1 is 0.958 bits per heavy atom. The van der Waals surface area contributed by atoms with E-state index in [-0.39, 0.29) is 15.7 Å². The molecule has 0 saturated carbocycles. The smallest absolute Gasteiger partial charge is 0.294 e. The molecular weight excluding hydrogens is 657 g/mol. The van der Waals surface area contributed by atoms with Gasteiger partial charge in [-0.15, -0.1) is 0 Å². The fraction of sp³-hybridized carbons (Fsp3) is 0.455. The molecule has 0 aromatic heterocycles. The zero-order valence-corrected chi connectivity index (χ0v) is 29.5. The lowest BCUT2D eigenvalue weighted by Crippen LogP contribution is -2.28. The molecule has 2 heterocycles. The maximum absolute atomic E-state index is 12.2. The topological polar surface area (TPSA) is 194 Å². The van der Waals surface area contributed by atoms with Crippen LogP contribution in [0.3, 0.4) is 0 Å². The van der Waals surface area contributed by atoms with Gasteiger partial charge in [-0.25, -0.2) is 0 Å². The van der Waals surface area contributed by atoms with Crippen LogP contribution in [0.15, 0.2) is 75.2 Å². The molecule has 2 aromatic carbocycles. The molecule has 4 rings (SSSR count). The van der Waals surface area contributed by atoms with Gasteiger partial charge in [0.2, 0.25) is 16.5 Å². The summed E-state index contributed by atoms with van der Waals surface area (Å²) in [6.07, 6.45) is 9.16. The summed E-state index contributed by atoms with van der Waals surface area (Å²) in [6.45, 7) is 9.47. The van der Waals surface area contributed by atoms with Crippen LogP contribution in [0.4, 0.5) is 11.4 Å². The van der Waals surface area contributed by atoms with E-state index in [0.717, 1.165) is 46.8 Å². The molecule has 48 heavy (non-hydrogen) atoms. The van der Waals surface area contributed by atoms with E-state index in [0.29, 0.717) is 38.9 Å². The summed E-state index contributed by atoms with van der Waals surface area (Å²) in [6, 6.07) is 9.20. The predicted molar refractivity (Wildman–Crippen MR) is 182 cm³/mol. The van der Waals surface area contributed by atoms with Gasteiger partial charge < -0.3 is 10.2 Å². The third-order valence-electron chi connectivity index (χ3n) is 9.08. The lowest BCUT2D eigenvalue weighted by molar-refractivity contribution is -0.401. The van der Waals surface area contributed by atoms with Crippen LogP contribution < -0.4 is 15.1 Å². The Morgan fingerprint density at radius 3 is 2.25 bits per heavy atom. The van der Waals surface area contributed by atoms with Crippen molar-refractivity contribution in [2.24, 2.45) is 5.11 Å². The van der Waals surface area contributed by atoms with Crippen molar-refractivity contribution < 1.29 is 35.3 Å². The van der Waals surface area contributed by atoms with Crippen LogP contribution in [0, 0.1) is 5.53 Å². The molecule has 13 nitrogen and oxygen atoms in total. The number of unbranched alkanes of at least 4 members (excludes halogenated alkanes) is 2. The zero-order chi connectivity index (χ0) is 35.5. The molecule has 0 saturated heterocycles. The highest BCUT2D eigenvalue weighted by molar-refractivity contribution is 7.86. The molecule has 258 valence electrons. The molecule has 15 heteroatoms. The second-order valence-electron chi connectivity index (χ2n) is 13.0. The van der Waals surface area contributed by atoms with Gasteiger partial charge in [0, 0.05) is 54.0 Å². The van der Waals surface area contributed by atoms with Crippen molar-refractivity contribution in [2.45, 2.75) is 80.4 Å². The highest BCUT2D eigenvalue weighted by Crippen LogP contribution is 2.49. The molecule has 0 spiro atoms. The number of hydrogen-bond acceptors (Lipinski definition) is 8. The van der Waals surface area contributed by atoms with Gasteiger partial charge in [0.25, 0.3) is 20.2 Å². The van der Waals surface area contributed by atoms with Gasteiger partial charge in [-0.05, 0) is 75.1 Å². The molecule has 2 aromatic rings. The molecule has 0 atom stereocenters. The summed E-state index contributed by atoms with van der Waals surface area (Å²) in [7, 11) is -6.87. The molecule has 1 amide bonds. The van der Waals surface area contributed by atoms with Crippen LogP contribution in [0.1, 0.15) is 70.9 Å². The highest BCUT2D eigenvalue weighted by atomic mass is 32.2. The number of amides is 1. The number of allylic oxidation sites excluding steroid dienone is 4. The van der Waals surface area contributed by atoms with Gasteiger partial charge >= 0.3 is 0 Å². The van der Waals surface area contributed by atoms with Crippen LogP contribution in [0.2, 0.25) is 0 Å². The zero-order valence-electron chi connectivity index (χ0n) is 27.9. The first kappa shape index (κ1) is 36.8. The Labute approximate surface area is 282 Å². The van der Waals surface area contributed by atoms with Crippen molar-refractivity contribution in [3.63, 3.8) is 0 Å². The van der Waals surface area contributed by atoms with Gasteiger partial charge in [0.15, 0.2) is 5.71 Å². The largest absolute Gasteiger partial charge is 0.356 e. The molecule has 0 bridgehead atoms. The van der Waals surface area contributed by atoms with Crippen LogP contribution >= 0.6 is 0 Å². The van der Waals surface area contributed by atoms with E-state index in [9.17, 15) is 30.7 Å². The standard InChI is InChI=1S/C33H42N6O7S2/c1-32(2)25-21-23(47(41,42)43)14-16-27(25)38(5)29(32)11-9-12-30-33(3,4)26-22-24(48(44,45)46)15-17-28(26)39(30)20-8-6-7-13-31(40)35-18-10-19-36-37-34/h9,11-12,14-17,21-22,34H,6-8,10,13,18-20H2,1-5H3,(H-2,35,40,41,42,43,44,45,46)/p+2. The van der Waals surface area contributed by atoms with Gasteiger partial charge in [0.1, 0.15) is 24.2 Å². The second kappa shape index (κ2) is 14.2. The molecular formula is C33H44N6O7S2+2. The summed E-state index contributed by atoms with van der Waals surface area (Å²) in [5, 5.41) is 6.41. The molecule has 4 N–H and O–H groups in total. The first-order valence-corrected chi connectivity index (χ1v) is 18.6. The van der Waals surface area contributed by atoms with Gasteiger partial charge in [0.05, 0.1) is 15.2 Å². The summed E-state index contributed by atoms with van der Waals surface area (Å²) in [5.41, 5.74) is 10.5. The number of fused-ring (bicyclic) bond motifs is 2. The minimum Gasteiger partial charge on any atom is -0.356 e. The second-order valence-corrected chi connectivity index (χ2v) is 15.9. The number of hydrogen-bond donors (Lipinski definition) is 4. The molecule has 0 fully saturated rings. The fourth-order valence-electron chi connectivity index (χ4n) is 6.51. The van der Waals surface area contributed by atoms with E-state index < -0.39 is 31.1 Å². The number of carbonyl (C=O) groups is 1. The Bertz CT molecular complexity index is 1960. The van der Waals surface area contributed by atoms with Crippen molar-refractivity contribution in [1.82, 2.24) is 10.2 Å². The first-order valence-electron chi connectivity index (χ1n) is 15.7. The minimum absolute atomic E-state index is 0.0393. The summed E-state index contributed by atoms with van der Waals surface area (Å²) in [4.78, 5) is 17.0. The maximum Gasteiger partial charge on any atom is 0.294 e.